The normalized spacial score (nSPS) is 21.2. The first-order chi connectivity index (χ1) is 8.82. The Hall–Kier alpha value is -1.76. The fourth-order valence-electron chi connectivity index (χ4n) is 2.17. The predicted octanol–water partition coefficient (Wildman–Crippen LogP) is 0.234. The summed E-state index contributed by atoms with van der Waals surface area (Å²) in [6.07, 6.45) is 0.424. The SMILES string of the molecule is CN(C(=O)c1cccc(N)c1O)C1CCS(=O)(=O)C1. The van der Waals surface area contributed by atoms with Crippen LogP contribution >= 0.6 is 0 Å². The van der Waals surface area contributed by atoms with Gasteiger partial charge in [-0.15, -0.1) is 0 Å². The van der Waals surface area contributed by atoms with Crippen LogP contribution in [0.3, 0.4) is 0 Å². The Labute approximate surface area is 111 Å². The second-order valence-electron chi connectivity index (χ2n) is 4.72. The van der Waals surface area contributed by atoms with E-state index in [9.17, 15) is 18.3 Å². The minimum Gasteiger partial charge on any atom is -0.505 e. The monoisotopic (exact) mass is 284 g/mol. The molecule has 0 radical (unpaired) electrons. The number of para-hydroxylation sites is 1. The Balaban J connectivity index is 2.23. The molecular formula is C12H16N2O4S. The van der Waals surface area contributed by atoms with Crippen molar-refractivity contribution in [1.29, 1.82) is 0 Å². The smallest absolute Gasteiger partial charge is 0.257 e. The first-order valence-electron chi connectivity index (χ1n) is 5.87. The van der Waals surface area contributed by atoms with Gasteiger partial charge in [-0.2, -0.15) is 0 Å². The molecule has 1 unspecified atom stereocenters. The van der Waals surface area contributed by atoms with Crippen molar-refractivity contribution in [2.45, 2.75) is 12.5 Å². The van der Waals surface area contributed by atoms with Gasteiger partial charge in [-0.3, -0.25) is 4.79 Å². The van der Waals surface area contributed by atoms with E-state index < -0.39 is 15.7 Å². The number of amides is 1. The lowest BCUT2D eigenvalue weighted by atomic mass is 10.1. The summed E-state index contributed by atoms with van der Waals surface area (Å²) in [4.78, 5) is 13.6. The zero-order valence-corrected chi connectivity index (χ0v) is 11.4. The van der Waals surface area contributed by atoms with Crippen LogP contribution in [0.25, 0.3) is 0 Å². The van der Waals surface area contributed by atoms with Crippen molar-refractivity contribution in [2.75, 3.05) is 24.3 Å². The van der Waals surface area contributed by atoms with Gasteiger partial charge in [-0.05, 0) is 18.6 Å². The number of nitrogens with zero attached hydrogens (tertiary/aromatic N) is 1. The van der Waals surface area contributed by atoms with Gasteiger partial charge < -0.3 is 15.7 Å². The molecule has 1 amide bonds. The molecule has 0 aliphatic carbocycles. The molecule has 1 aliphatic heterocycles. The van der Waals surface area contributed by atoms with Crippen molar-refractivity contribution < 1.29 is 18.3 Å². The molecule has 0 spiro atoms. The number of carbonyl (C=O) groups is 1. The number of carbonyl (C=O) groups excluding carboxylic acids is 1. The van der Waals surface area contributed by atoms with E-state index in [2.05, 4.69) is 0 Å². The molecule has 3 N–H and O–H groups in total. The van der Waals surface area contributed by atoms with Crippen LogP contribution in [0.5, 0.6) is 5.75 Å². The fourth-order valence-corrected chi connectivity index (χ4v) is 3.94. The van der Waals surface area contributed by atoms with Crippen LogP contribution in [0.1, 0.15) is 16.8 Å². The number of hydrogen-bond acceptors (Lipinski definition) is 5. The molecule has 1 saturated heterocycles. The van der Waals surface area contributed by atoms with Crippen molar-refractivity contribution in [3.8, 4) is 5.75 Å². The van der Waals surface area contributed by atoms with Crippen molar-refractivity contribution in [1.82, 2.24) is 4.90 Å². The molecule has 2 rings (SSSR count). The maximum absolute atomic E-state index is 12.2. The van der Waals surface area contributed by atoms with E-state index in [4.69, 9.17) is 5.73 Å². The summed E-state index contributed by atoms with van der Waals surface area (Å²) < 4.78 is 22.8. The molecule has 104 valence electrons. The van der Waals surface area contributed by atoms with E-state index in [1.165, 1.54) is 24.1 Å². The number of hydrogen-bond donors (Lipinski definition) is 2. The van der Waals surface area contributed by atoms with Gasteiger partial charge in [0.1, 0.15) is 0 Å². The maximum atomic E-state index is 12.2. The molecule has 1 aliphatic rings. The van der Waals surface area contributed by atoms with Crippen LogP contribution in [0.2, 0.25) is 0 Å². The van der Waals surface area contributed by atoms with Crippen LogP contribution in [0, 0.1) is 0 Å². The summed E-state index contributed by atoms with van der Waals surface area (Å²) in [5.41, 5.74) is 5.75. The average Bonchev–Trinajstić information content (AvgIpc) is 2.71. The topological polar surface area (TPSA) is 101 Å². The summed E-state index contributed by atoms with van der Waals surface area (Å²) in [6, 6.07) is 4.18. The van der Waals surface area contributed by atoms with Gasteiger partial charge in [0.25, 0.3) is 5.91 Å². The van der Waals surface area contributed by atoms with E-state index >= 15 is 0 Å². The number of nitrogen functional groups attached to an aromatic ring is 1. The molecule has 1 aromatic rings. The molecule has 0 aromatic heterocycles. The van der Waals surface area contributed by atoms with Gasteiger partial charge >= 0.3 is 0 Å². The highest BCUT2D eigenvalue weighted by Crippen LogP contribution is 2.27. The van der Waals surface area contributed by atoms with Crippen LogP contribution < -0.4 is 5.73 Å². The quantitative estimate of drug-likeness (QED) is 0.598. The number of phenolic OH excluding ortho intramolecular Hbond substituents is 1. The second-order valence-corrected chi connectivity index (χ2v) is 6.95. The van der Waals surface area contributed by atoms with E-state index in [1.54, 1.807) is 6.07 Å². The van der Waals surface area contributed by atoms with Gasteiger partial charge in [-0.25, -0.2) is 8.42 Å². The Kier molecular flexibility index (Phi) is 3.40. The Morgan fingerprint density at radius 3 is 2.74 bits per heavy atom. The molecule has 0 saturated carbocycles. The standard InChI is InChI=1S/C12H16N2O4S/c1-14(8-5-6-19(17,18)7-8)12(16)9-3-2-4-10(13)11(9)15/h2-4,8,15H,5-7,13H2,1H3. The highest BCUT2D eigenvalue weighted by Gasteiger charge is 2.33. The number of aromatic hydroxyl groups is 1. The molecule has 1 atom stereocenters. The molecule has 1 heterocycles. The second kappa shape index (κ2) is 4.73. The first kappa shape index (κ1) is 13.7. The third kappa shape index (κ3) is 2.65. The Morgan fingerprint density at radius 2 is 2.16 bits per heavy atom. The lowest BCUT2D eigenvalue weighted by Crippen LogP contribution is -2.37. The predicted molar refractivity (Wildman–Crippen MR) is 71.7 cm³/mol. The van der Waals surface area contributed by atoms with E-state index in [0.717, 1.165) is 0 Å². The maximum Gasteiger partial charge on any atom is 0.257 e. The number of sulfone groups is 1. The van der Waals surface area contributed by atoms with Crippen molar-refractivity contribution >= 4 is 21.4 Å². The van der Waals surface area contributed by atoms with Crippen molar-refractivity contribution in [3.05, 3.63) is 23.8 Å². The molecule has 1 fully saturated rings. The van der Waals surface area contributed by atoms with Gasteiger partial charge in [0.2, 0.25) is 0 Å². The summed E-state index contributed by atoms with van der Waals surface area (Å²) in [6.45, 7) is 0. The van der Waals surface area contributed by atoms with Crippen molar-refractivity contribution in [2.24, 2.45) is 0 Å². The average molecular weight is 284 g/mol. The van der Waals surface area contributed by atoms with Crippen LogP contribution in [-0.2, 0) is 9.84 Å². The minimum absolute atomic E-state index is 0.0294. The Bertz CT molecular complexity index is 612. The fraction of sp³-hybridized carbons (Fsp3) is 0.417. The van der Waals surface area contributed by atoms with Gasteiger partial charge in [0.05, 0.1) is 22.8 Å². The molecular weight excluding hydrogens is 268 g/mol. The van der Waals surface area contributed by atoms with E-state index in [-0.39, 0.29) is 34.5 Å². The zero-order valence-electron chi connectivity index (χ0n) is 10.5. The van der Waals surface area contributed by atoms with Crippen molar-refractivity contribution in [3.63, 3.8) is 0 Å². The summed E-state index contributed by atoms with van der Waals surface area (Å²) in [5.74, 6) is -0.622. The van der Waals surface area contributed by atoms with E-state index in [1.807, 2.05) is 0 Å². The molecule has 19 heavy (non-hydrogen) atoms. The van der Waals surface area contributed by atoms with Crippen LogP contribution in [-0.4, -0.2) is 48.9 Å². The van der Waals surface area contributed by atoms with Gasteiger partial charge in [0, 0.05) is 13.1 Å². The zero-order chi connectivity index (χ0) is 14.2. The lowest BCUT2D eigenvalue weighted by Gasteiger charge is -2.24. The Morgan fingerprint density at radius 1 is 1.47 bits per heavy atom. The van der Waals surface area contributed by atoms with Crippen LogP contribution in [0.15, 0.2) is 18.2 Å². The number of rotatable bonds is 2. The molecule has 0 bridgehead atoms. The number of anilines is 1. The lowest BCUT2D eigenvalue weighted by molar-refractivity contribution is 0.0745. The van der Waals surface area contributed by atoms with Gasteiger partial charge in [0.15, 0.2) is 15.6 Å². The number of nitrogens with two attached hydrogens (primary N) is 1. The highest BCUT2D eigenvalue weighted by atomic mass is 32.2. The summed E-state index contributed by atoms with van der Waals surface area (Å²) in [7, 11) is -1.52. The van der Waals surface area contributed by atoms with Crippen LogP contribution in [0.4, 0.5) is 5.69 Å². The number of phenols is 1. The number of benzene rings is 1. The van der Waals surface area contributed by atoms with E-state index in [0.29, 0.717) is 6.42 Å². The summed E-state index contributed by atoms with van der Waals surface area (Å²) >= 11 is 0. The third-order valence-corrected chi connectivity index (χ3v) is 5.12. The highest BCUT2D eigenvalue weighted by molar-refractivity contribution is 7.91. The molecule has 7 heteroatoms. The molecule has 1 aromatic carbocycles. The van der Waals surface area contributed by atoms with Gasteiger partial charge in [-0.1, -0.05) is 6.07 Å². The third-order valence-electron chi connectivity index (χ3n) is 3.37. The minimum atomic E-state index is -3.06. The first-order valence-corrected chi connectivity index (χ1v) is 7.69. The summed E-state index contributed by atoms with van der Waals surface area (Å²) in [5, 5.41) is 9.77. The molecule has 6 nitrogen and oxygen atoms in total. The largest absolute Gasteiger partial charge is 0.505 e.